The van der Waals surface area contributed by atoms with E-state index in [0.717, 1.165) is 70.0 Å². The van der Waals surface area contributed by atoms with Gasteiger partial charge in [-0.15, -0.1) is 0 Å². The number of piperazine rings is 1. The van der Waals surface area contributed by atoms with E-state index in [1.807, 2.05) is 17.0 Å². The zero-order chi connectivity index (χ0) is 24.4. The fraction of sp³-hybridized carbons (Fsp3) is 0.630. The van der Waals surface area contributed by atoms with Gasteiger partial charge in [0.05, 0.1) is 22.7 Å². The largest absolute Gasteiger partial charge is 0.370 e. The van der Waals surface area contributed by atoms with Crippen LogP contribution in [0.4, 0.5) is 5.69 Å². The summed E-state index contributed by atoms with van der Waals surface area (Å²) >= 11 is 0. The Bertz CT molecular complexity index is 979. The molecule has 0 spiro atoms. The second kappa shape index (κ2) is 10.4. The van der Waals surface area contributed by atoms with E-state index in [0.29, 0.717) is 43.9 Å². The summed E-state index contributed by atoms with van der Waals surface area (Å²) in [4.78, 5) is 58.5. The van der Waals surface area contributed by atoms with Gasteiger partial charge in [0.25, 0.3) is 11.8 Å². The Hall–Kier alpha value is -2.90. The number of hydrogen-bond acceptors (Lipinski definition) is 5. The summed E-state index contributed by atoms with van der Waals surface area (Å²) in [6, 6.07) is 5.56. The van der Waals surface area contributed by atoms with Gasteiger partial charge in [-0.25, -0.2) is 0 Å². The molecule has 0 N–H and O–H groups in total. The predicted molar refractivity (Wildman–Crippen MR) is 132 cm³/mol. The number of hydrogen-bond donors (Lipinski definition) is 0. The summed E-state index contributed by atoms with van der Waals surface area (Å²) in [6.45, 7) is 3.60. The van der Waals surface area contributed by atoms with E-state index in [4.69, 9.17) is 0 Å². The molecule has 4 aliphatic rings. The highest BCUT2D eigenvalue weighted by Crippen LogP contribution is 2.37. The summed E-state index contributed by atoms with van der Waals surface area (Å²) in [6.07, 6.45) is 9.98. The number of benzene rings is 1. The van der Waals surface area contributed by atoms with Gasteiger partial charge in [-0.3, -0.25) is 24.1 Å². The quantitative estimate of drug-likeness (QED) is 0.489. The van der Waals surface area contributed by atoms with Crippen LogP contribution < -0.4 is 4.90 Å². The summed E-state index contributed by atoms with van der Waals surface area (Å²) in [7, 11) is 0. The minimum atomic E-state index is -0.162. The van der Waals surface area contributed by atoms with Crippen LogP contribution in [0, 0.1) is 5.92 Å². The Balaban J connectivity index is 1.33. The number of rotatable bonds is 4. The average molecular weight is 481 g/mol. The fourth-order valence-electron chi connectivity index (χ4n) is 6.28. The minimum absolute atomic E-state index is 0.0173. The predicted octanol–water partition coefficient (Wildman–Crippen LogP) is 2.91. The van der Waals surface area contributed by atoms with Crippen LogP contribution in [0.2, 0.25) is 0 Å². The SMILES string of the molecule is O=CN1CCN(C(=O)C2CCCN(c3cccc4c3C(=O)N(C3CCCCCCC3)C4=O)C2)CC1. The molecule has 8 heteroatoms. The number of piperidine rings is 1. The zero-order valence-electron chi connectivity index (χ0n) is 20.5. The molecule has 188 valence electrons. The maximum absolute atomic E-state index is 13.7. The van der Waals surface area contributed by atoms with Crippen LogP contribution in [-0.4, -0.2) is 84.1 Å². The van der Waals surface area contributed by atoms with Crippen LogP contribution in [0.15, 0.2) is 18.2 Å². The molecule has 0 bridgehead atoms. The molecular formula is C27H36N4O4. The van der Waals surface area contributed by atoms with Gasteiger partial charge in [-0.1, -0.05) is 38.2 Å². The highest BCUT2D eigenvalue weighted by atomic mass is 16.2. The third-order valence-electron chi connectivity index (χ3n) is 8.25. The molecule has 1 atom stereocenters. The van der Waals surface area contributed by atoms with Gasteiger partial charge in [-0.2, -0.15) is 0 Å². The molecule has 1 aromatic rings. The maximum atomic E-state index is 13.7. The Morgan fingerprint density at radius 2 is 1.54 bits per heavy atom. The van der Waals surface area contributed by atoms with Crippen LogP contribution in [0.1, 0.15) is 78.5 Å². The Kier molecular flexibility index (Phi) is 7.07. The van der Waals surface area contributed by atoms with E-state index >= 15 is 0 Å². The van der Waals surface area contributed by atoms with Crippen molar-refractivity contribution in [1.29, 1.82) is 0 Å². The molecule has 35 heavy (non-hydrogen) atoms. The first kappa shape index (κ1) is 23.8. The Labute approximate surface area is 207 Å². The second-order valence-electron chi connectivity index (χ2n) is 10.4. The van der Waals surface area contributed by atoms with Crippen LogP contribution in [0.5, 0.6) is 0 Å². The molecule has 4 amide bonds. The maximum Gasteiger partial charge on any atom is 0.263 e. The van der Waals surface area contributed by atoms with E-state index < -0.39 is 0 Å². The first-order chi connectivity index (χ1) is 17.1. The summed E-state index contributed by atoms with van der Waals surface area (Å²) < 4.78 is 0. The molecule has 1 aromatic carbocycles. The van der Waals surface area contributed by atoms with Gasteiger partial charge in [0.15, 0.2) is 0 Å². The molecule has 3 heterocycles. The van der Waals surface area contributed by atoms with Crippen molar-refractivity contribution in [3.05, 3.63) is 29.3 Å². The molecular weight excluding hydrogens is 444 g/mol. The van der Waals surface area contributed by atoms with Crippen LogP contribution in [-0.2, 0) is 9.59 Å². The number of amides is 4. The smallest absolute Gasteiger partial charge is 0.263 e. The number of fused-ring (bicyclic) bond motifs is 1. The molecule has 5 rings (SSSR count). The van der Waals surface area contributed by atoms with Crippen molar-refractivity contribution in [1.82, 2.24) is 14.7 Å². The Morgan fingerprint density at radius 3 is 2.26 bits per heavy atom. The third kappa shape index (κ3) is 4.67. The van der Waals surface area contributed by atoms with Gasteiger partial charge in [0.2, 0.25) is 12.3 Å². The van der Waals surface area contributed by atoms with Crippen molar-refractivity contribution in [2.75, 3.05) is 44.2 Å². The lowest BCUT2D eigenvalue weighted by Crippen LogP contribution is -2.52. The third-order valence-corrected chi connectivity index (χ3v) is 8.25. The molecule has 3 fully saturated rings. The zero-order valence-corrected chi connectivity index (χ0v) is 20.5. The molecule has 3 aliphatic heterocycles. The van der Waals surface area contributed by atoms with Crippen molar-refractivity contribution in [3.8, 4) is 0 Å². The first-order valence-electron chi connectivity index (χ1n) is 13.3. The molecule has 0 aromatic heterocycles. The van der Waals surface area contributed by atoms with Crippen LogP contribution in [0.25, 0.3) is 0 Å². The molecule has 8 nitrogen and oxygen atoms in total. The van der Waals surface area contributed by atoms with E-state index in [1.54, 1.807) is 15.9 Å². The number of nitrogens with zero attached hydrogens (tertiary/aromatic N) is 4. The molecule has 0 radical (unpaired) electrons. The Morgan fingerprint density at radius 1 is 0.829 bits per heavy atom. The minimum Gasteiger partial charge on any atom is -0.370 e. The molecule has 1 saturated carbocycles. The van der Waals surface area contributed by atoms with Crippen LogP contribution >= 0.6 is 0 Å². The summed E-state index contributed by atoms with van der Waals surface area (Å²) in [5, 5.41) is 0. The van der Waals surface area contributed by atoms with Crippen molar-refractivity contribution in [2.24, 2.45) is 5.92 Å². The number of carbonyl (C=O) groups excluding carboxylic acids is 4. The molecule has 1 aliphatic carbocycles. The van der Waals surface area contributed by atoms with Crippen molar-refractivity contribution >= 4 is 29.8 Å². The van der Waals surface area contributed by atoms with Gasteiger partial charge < -0.3 is 14.7 Å². The highest BCUT2D eigenvalue weighted by molar-refractivity contribution is 6.24. The fourth-order valence-corrected chi connectivity index (χ4v) is 6.28. The topological polar surface area (TPSA) is 81.2 Å². The van der Waals surface area contributed by atoms with E-state index in [-0.39, 0.29) is 29.7 Å². The number of carbonyl (C=O) groups is 4. The molecule has 1 unspecified atom stereocenters. The average Bonchev–Trinajstić information content (AvgIpc) is 3.13. The van der Waals surface area contributed by atoms with Gasteiger partial charge >= 0.3 is 0 Å². The monoisotopic (exact) mass is 480 g/mol. The highest BCUT2D eigenvalue weighted by Gasteiger charge is 2.42. The first-order valence-corrected chi connectivity index (χ1v) is 13.3. The molecule has 2 saturated heterocycles. The lowest BCUT2D eigenvalue weighted by atomic mass is 9.94. The lowest BCUT2D eigenvalue weighted by Gasteiger charge is -2.39. The van der Waals surface area contributed by atoms with Crippen molar-refractivity contribution < 1.29 is 19.2 Å². The number of anilines is 1. The van der Waals surface area contributed by atoms with Gasteiger partial charge in [0, 0.05) is 45.3 Å². The van der Waals surface area contributed by atoms with E-state index in [9.17, 15) is 19.2 Å². The van der Waals surface area contributed by atoms with Crippen LogP contribution in [0.3, 0.4) is 0 Å². The van der Waals surface area contributed by atoms with Crippen molar-refractivity contribution in [2.45, 2.75) is 63.8 Å². The second-order valence-corrected chi connectivity index (χ2v) is 10.4. The summed E-state index contributed by atoms with van der Waals surface area (Å²) in [5.41, 5.74) is 1.82. The normalized spacial score (nSPS) is 24.3. The lowest BCUT2D eigenvalue weighted by molar-refractivity contribution is -0.139. The number of imide groups is 1. The van der Waals surface area contributed by atoms with Gasteiger partial charge in [0.1, 0.15) is 0 Å². The summed E-state index contributed by atoms with van der Waals surface area (Å²) in [5.74, 6) is -0.331. The van der Waals surface area contributed by atoms with E-state index in [1.165, 1.54) is 6.42 Å². The van der Waals surface area contributed by atoms with Crippen molar-refractivity contribution in [3.63, 3.8) is 0 Å². The standard InChI is InChI=1S/C27H36N4O4/c32-19-28-14-16-29(17-15-28)25(33)20-8-7-13-30(18-20)23-12-6-11-22-24(23)27(35)31(26(22)34)21-9-4-2-1-3-5-10-21/h6,11-12,19-21H,1-5,7-10,13-18H2. The van der Waals surface area contributed by atoms with E-state index in [2.05, 4.69) is 4.90 Å². The van der Waals surface area contributed by atoms with Gasteiger partial charge in [-0.05, 0) is 37.8 Å².